The molecule has 2 fully saturated rings. The molecule has 0 aromatic heterocycles. The Kier molecular flexibility index (Phi) is 9.37. The van der Waals surface area contributed by atoms with E-state index in [0.717, 1.165) is 55.1 Å². The Labute approximate surface area is 250 Å². The van der Waals surface area contributed by atoms with E-state index in [9.17, 15) is 27.9 Å². The van der Waals surface area contributed by atoms with Crippen LogP contribution < -0.4 is 9.64 Å². The summed E-state index contributed by atoms with van der Waals surface area (Å²) in [5.41, 5.74) is -2.88. The molecular weight excluding hydrogens is 571 g/mol. The number of hydrogen-bond acceptors (Lipinski definition) is 5. The van der Waals surface area contributed by atoms with E-state index in [2.05, 4.69) is 11.8 Å². The van der Waals surface area contributed by atoms with Gasteiger partial charge in [-0.25, -0.2) is 0 Å². The second-order valence-electron chi connectivity index (χ2n) is 12.0. The Balaban J connectivity index is 1.35. The summed E-state index contributed by atoms with van der Waals surface area (Å²) in [7, 11) is 4.68. The van der Waals surface area contributed by atoms with E-state index < -0.39 is 23.2 Å². The van der Waals surface area contributed by atoms with Crippen molar-refractivity contribution in [1.29, 1.82) is 0 Å². The first-order valence-corrected chi connectivity index (χ1v) is 14.6. The van der Waals surface area contributed by atoms with Crippen molar-refractivity contribution in [3.8, 4) is 5.75 Å². The van der Waals surface area contributed by atoms with Gasteiger partial charge in [-0.2, -0.15) is 13.2 Å². The van der Waals surface area contributed by atoms with Crippen molar-refractivity contribution in [2.24, 2.45) is 11.3 Å². The van der Waals surface area contributed by atoms with Gasteiger partial charge in [0.2, 0.25) is 0 Å². The second-order valence-corrected chi connectivity index (χ2v) is 12.4. The molecule has 2 amide bonds. The van der Waals surface area contributed by atoms with E-state index in [0.29, 0.717) is 29.3 Å². The maximum absolute atomic E-state index is 14.2. The SMILES string of the molecule is COc1cccc(C(O)(C(=O)N2CCC(C)(CC3CCN(c4ccc(C(=O)N(C)C)c(Cl)c4)CC3)CC2)C(F)(F)F)c1. The Hall–Kier alpha value is -2.98. The van der Waals surface area contributed by atoms with Crippen LogP contribution in [0.2, 0.25) is 5.02 Å². The summed E-state index contributed by atoms with van der Waals surface area (Å²) >= 11 is 6.41. The van der Waals surface area contributed by atoms with E-state index in [-0.39, 0.29) is 30.2 Å². The number of carbonyl (C=O) groups excluding carboxylic acids is 2. The van der Waals surface area contributed by atoms with Crippen molar-refractivity contribution >= 4 is 29.1 Å². The van der Waals surface area contributed by atoms with Crippen LogP contribution in [0.5, 0.6) is 5.75 Å². The number of aliphatic hydroxyl groups is 1. The number of benzene rings is 2. The molecule has 2 aliphatic heterocycles. The lowest BCUT2D eigenvalue weighted by atomic mass is 9.71. The number of piperidine rings is 2. The number of likely N-dealkylation sites (tertiary alicyclic amines) is 1. The zero-order valence-electron chi connectivity index (χ0n) is 24.5. The number of rotatable bonds is 7. The smallest absolute Gasteiger partial charge is 0.430 e. The van der Waals surface area contributed by atoms with E-state index in [1.807, 2.05) is 12.1 Å². The molecule has 1 atom stereocenters. The summed E-state index contributed by atoms with van der Waals surface area (Å²) in [4.78, 5) is 30.4. The Morgan fingerprint density at radius 1 is 1.07 bits per heavy atom. The Morgan fingerprint density at radius 3 is 2.26 bits per heavy atom. The normalized spacial score (nSPS) is 19.3. The van der Waals surface area contributed by atoms with Crippen LogP contribution in [0, 0.1) is 11.3 Å². The lowest BCUT2D eigenvalue weighted by Gasteiger charge is -2.45. The third-order valence-electron chi connectivity index (χ3n) is 8.82. The van der Waals surface area contributed by atoms with E-state index in [1.165, 1.54) is 24.1 Å². The summed E-state index contributed by atoms with van der Waals surface area (Å²) in [6.45, 7) is 4.10. The predicted octanol–water partition coefficient (Wildman–Crippen LogP) is 5.74. The number of methoxy groups -OCH3 is 1. The molecule has 0 radical (unpaired) electrons. The first-order chi connectivity index (χ1) is 19.7. The molecule has 0 spiro atoms. The van der Waals surface area contributed by atoms with Gasteiger partial charge in [-0.05, 0) is 73.8 Å². The van der Waals surface area contributed by atoms with Crippen LogP contribution in [0.3, 0.4) is 0 Å². The molecule has 42 heavy (non-hydrogen) atoms. The van der Waals surface area contributed by atoms with Gasteiger partial charge in [0.25, 0.3) is 17.4 Å². The zero-order valence-corrected chi connectivity index (χ0v) is 25.3. The van der Waals surface area contributed by atoms with Crippen LogP contribution in [-0.4, -0.2) is 80.3 Å². The summed E-state index contributed by atoms with van der Waals surface area (Å²) < 4.78 is 47.6. The largest absolute Gasteiger partial charge is 0.497 e. The summed E-state index contributed by atoms with van der Waals surface area (Å²) in [6.07, 6.45) is -1.25. The molecule has 1 unspecified atom stereocenters. The molecule has 0 saturated carbocycles. The van der Waals surface area contributed by atoms with Crippen molar-refractivity contribution in [3.63, 3.8) is 0 Å². The first kappa shape index (κ1) is 31.9. The van der Waals surface area contributed by atoms with Gasteiger partial charge in [0.1, 0.15) is 5.75 Å². The minimum atomic E-state index is -5.20. The number of hydrogen-bond donors (Lipinski definition) is 1. The van der Waals surface area contributed by atoms with Crippen molar-refractivity contribution in [2.45, 2.75) is 50.8 Å². The number of carbonyl (C=O) groups is 2. The van der Waals surface area contributed by atoms with Crippen molar-refractivity contribution in [3.05, 3.63) is 58.6 Å². The fraction of sp³-hybridized carbons (Fsp3) is 0.548. The van der Waals surface area contributed by atoms with Gasteiger partial charge in [0.15, 0.2) is 0 Å². The standard InChI is InChI=1S/C31H39ClF3N3O4/c1-29(20-21-10-14-37(15-11-21)23-8-9-25(26(32)19-23)27(39)36(2)3)12-16-38(17-13-29)28(40)30(41,31(33,34)35)22-6-5-7-24(18-22)42-4/h5-9,18-19,21,41H,10-17,20H2,1-4H3. The zero-order chi connectivity index (χ0) is 30.9. The molecule has 2 aliphatic rings. The number of halogens is 4. The number of alkyl halides is 3. The monoisotopic (exact) mass is 609 g/mol. The molecule has 2 aromatic carbocycles. The van der Waals surface area contributed by atoms with Gasteiger partial charge in [0.05, 0.1) is 17.7 Å². The molecule has 11 heteroatoms. The maximum atomic E-state index is 14.2. The van der Waals surface area contributed by atoms with E-state index >= 15 is 0 Å². The number of amides is 2. The molecule has 230 valence electrons. The van der Waals surface area contributed by atoms with Crippen molar-refractivity contribution in [2.75, 3.05) is 52.3 Å². The average molecular weight is 610 g/mol. The first-order valence-electron chi connectivity index (χ1n) is 14.2. The second kappa shape index (κ2) is 12.3. The van der Waals surface area contributed by atoms with Crippen LogP contribution in [0.4, 0.5) is 18.9 Å². The highest BCUT2D eigenvalue weighted by molar-refractivity contribution is 6.34. The van der Waals surface area contributed by atoms with Crippen LogP contribution in [0.15, 0.2) is 42.5 Å². The van der Waals surface area contributed by atoms with Gasteiger partial charge in [-0.15, -0.1) is 0 Å². The predicted molar refractivity (Wildman–Crippen MR) is 156 cm³/mol. The molecule has 4 rings (SSSR count). The van der Waals surface area contributed by atoms with Crippen LogP contribution in [-0.2, 0) is 10.4 Å². The molecular formula is C31H39ClF3N3O4. The number of ether oxygens (including phenoxy) is 1. The summed E-state index contributed by atoms with van der Waals surface area (Å²) in [5, 5.41) is 11.3. The number of anilines is 1. The summed E-state index contributed by atoms with van der Waals surface area (Å²) in [6, 6.07) is 10.5. The lowest BCUT2D eigenvalue weighted by Crippen LogP contribution is -2.57. The van der Waals surface area contributed by atoms with Crippen LogP contribution >= 0.6 is 11.6 Å². The molecule has 2 saturated heterocycles. The molecule has 2 aromatic rings. The fourth-order valence-corrected chi connectivity index (χ4v) is 6.40. The van der Waals surface area contributed by atoms with Crippen molar-refractivity contribution in [1.82, 2.24) is 9.80 Å². The molecule has 0 aliphatic carbocycles. The average Bonchev–Trinajstić information content (AvgIpc) is 2.96. The third-order valence-corrected chi connectivity index (χ3v) is 9.13. The van der Waals surface area contributed by atoms with Gasteiger partial charge in [-0.3, -0.25) is 9.59 Å². The molecule has 1 N–H and O–H groups in total. The highest BCUT2D eigenvalue weighted by Crippen LogP contribution is 2.45. The van der Waals surface area contributed by atoms with Crippen LogP contribution in [0.1, 0.15) is 54.9 Å². The van der Waals surface area contributed by atoms with Crippen molar-refractivity contribution < 1.29 is 32.6 Å². The molecule has 0 bridgehead atoms. The highest BCUT2D eigenvalue weighted by Gasteiger charge is 2.62. The summed E-state index contributed by atoms with van der Waals surface area (Å²) in [5.74, 6) is -0.924. The number of nitrogens with zero attached hydrogens (tertiary/aromatic N) is 3. The molecule has 7 nitrogen and oxygen atoms in total. The highest BCUT2D eigenvalue weighted by atomic mass is 35.5. The molecule has 2 heterocycles. The van der Waals surface area contributed by atoms with Crippen LogP contribution in [0.25, 0.3) is 0 Å². The van der Waals surface area contributed by atoms with Gasteiger partial charge < -0.3 is 24.5 Å². The minimum absolute atomic E-state index is 0.118. The van der Waals surface area contributed by atoms with E-state index in [4.69, 9.17) is 16.3 Å². The third kappa shape index (κ3) is 6.49. The lowest BCUT2D eigenvalue weighted by molar-refractivity contribution is -0.262. The van der Waals surface area contributed by atoms with Gasteiger partial charge >= 0.3 is 6.18 Å². The van der Waals surface area contributed by atoms with Gasteiger partial charge in [-0.1, -0.05) is 30.7 Å². The quantitative estimate of drug-likeness (QED) is 0.434. The topological polar surface area (TPSA) is 73.3 Å². The Bertz CT molecular complexity index is 1290. The maximum Gasteiger partial charge on any atom is 0.430 e. The van der Waals surface area contributed by atoms with E-state index in [1.54, 1.807) is 20.2 Å². The Morgan fingerprint density at radius 2 is 1.71 bits per heavy atom. The van der Waals surface area contributed by atoms with Gasteiger partial charge in [0, 0.05) is 51.5 Å². The minimum Gasteiger partial charge on any atom is -0.497 e. The fourth-order valence-electron chi connectivity index (χ4n) is 6.15.